The van der Waals surface area contributed by atoms with E-state index < -0.39 is 11.9 Å². The maximum Gasteiger partial charge on any atom is 0.433 e. The summed E-state index contributed by atoms with van der Waals surface area (Å²) in [5.74, 6) is -0.0804. The van der Waals surface area contributed by atoms with Crippen LogP contribution in [0.5, 0.6) is 0 Å². The first-order valence-electron chi connectivity index (χ1n) is 10.8. The molecule has 1 saturated carbocycles. The second kappa shape index (κ2) is 8.81. The van der Waals surface area contributed by atoms with Crippen molar-refractivity contribution in [2.45, 2.75) is 57.8 Å². The molecule has 32 heavy (non-hydrogen) atoms. The Bertz CT molecular complexity index is 1110. The normalized spacial score (nSPS) is 19.0. The molecule has 1 aliphatic rings. The molecular weight excluding hydrogens is 415 g/mol. The van der Waals surface area contributed by atoms with Crippen LogP contribution in [-0.2, 0) is 6.18 Å². The number of nitrogens with one attached hydrogen (secondary N) is 2. The first kappa shape index (κ1) is 22.1. The van der Waals surface area contributed by atoms with Gasteiger partial charge in [-0.1, -0.05) is 35.4 Å². The Morgan fingerprint density at radius 1 is 0.938 bits per heavy atom. The number of aryl methyl sites for hydroxylation is 2. The van der Waals surface area contributed by atoms with Gasteiger partial charge in [-0.2, -0.15) is 13.2 Å². The molecule has 0 unspecified atom stereocenters. The summed E-state index contributed by atoms with van der Waals surface area (Å²) in [5.41, 5.74) is 2.63. The van der Waals surface area contributed by atoms with Crippen LogP contribution in [-0.4, -0.2) is 23.0 Å². The minimum atomic E-state index is -4.50. The molecule has 0 radical (unpaired) electrons. The number of rotatable bonds is 4. The summed E-state index contributed by atoms with van der Waals surface area (Å²) in [6, 6.07) is 13.8. The highest BCUT2D eigenvalue weighted by Gasteiger charge is 2.33. The standard InChI is InChI=1S/C25H26F3N3O/c1-15-11-16(2)13-17(12-15)24(32)30-19-9-7-18(8-10-19)29-22-14-23(25(26,27)28)31-21-6-4-3-5-20(21)22/h3-6,11-14,18-19H,7-10H2,1-2H3,(H,29,31)(H,30,32). The van der Waals surface area contributed by atoms with E-state index in [4.69, 9.17) is 0 Å². The van der Waals surface area contributed by atoms with Gasteiger partial charge in [-0.15, -0.1) is 0 Å². The van der Waals surface area contributed by atoms with Crippen molar-refractivity contribution in [3.05, 3.63) is 70.9 Å². The van der Waals surface area contributed by atoms with E-state index in [1.54, 1.807) is 24.3 Å². The van der Waals surface area contributed by atoms with E-state index in [1.807, 2.05) is 32.0 Å². The number of fused-ring (bicyclic) bond motifs is 1. The van der Waals surface area contributed by atoms with Gasteiger partial charge in [-0.05, 0) is 63.8 Å². The number of amides is 1. The van der Waals surface area contributed by atoms with E-state index >= 15 is 0 Å². The third-order valence-electron chi connectivity index (χ3n) is 5.91. The van der Waals surface area contributed by atoms with Gasteiger partial charge in [0.05, 0.1) is 5.52 Å². The van der Waals surface area contributed by atoms with Gasteiger partial charge < -0.3 is 10.6 Å². The summed E-state index contributed by atoms with van der Waals surface area (Å²) in [6.45, 7) is 3.93. The van der Waals surface area contributed by atoms with Crippen LogP contribution >= 0.6 is 0 Å². The van der Waals surface area contributed by atoms with Gasteiger partial charge in [0.15, 0.2) is 0 Å². The summed E-state index contributed by atoms with van der Waals surface area (Å²) in [4.78, 5) is 16.4. The number of halogens is 3. The molecule has 1 fully saturated rings. The van der Waals surface area contributed by atoms with Crippen molar-refractivity contribution in [2.24, 2.45) is 0 Å². The lowest BCUT2D eigenvalue weighted by Crippen LogP contribution is -2.40. The Labute approximate surface area is 185 Å². The van der Waals surface area contributed by atoms with Gasteiger partial charge in [0, 0.05) is 28.7 Å². The van der Waals surface area contributed by atoms with Gasteiger partial charge in [-0.3, -0.25) is 4.79 Å². The first-order chi connectivity index (χ1) is 15.2. The van der Waals surface area contributed by atoms with Crippen molar-refractivity contribution in [3.63, 3.8) is 0 Å². The molecule has 0 spiro atoms. The molecule has 1 aromatic heterocycles. The van der Waals surface area contributed by atoms with Crippen LogP contribution in [0, 0.1) is 13.8 Å². The summed E-state index contributed by atoms with van der Waals surface area (Å²) < 4.78 is 39.9. The average molecular weight is 441 g/mol. The highest BCUT2D eigenvalue weighted by Crippen LogP contribution is 2.34. The average Bonchev–Trinajstić information content (AvgIpc) is 2.73. The van der Waals surface area contributed by atoms with Crippen molar-refractivity contribution >= 4 is 22.5 Å². The molecule has 168 valence electrons. The van der Waals surface area contributed by atoms with E-state index in [1.165, 1.54) is 0 Å². The second-order valence-corrected chi connectivity index (χ2v) is 8.61. The number of nitrogens with zero attached hydrogens (tertiary/aromatic N) is 1. The third kappa shape index (κ3) is 5.03. The molecule has 0 atom stereocenters. The van der Waals surface area contributed by atoms with E-state index in [2.05, 4.69) is 15.6 Å². The quantitative estimate of drug-likeness (QED) is 0.520. The van der Waals surface area contributed by atoms with Crippen molar-refractivity contribution < 1.29 is 18.0 Å². The topological polar surface area (TPSA) is 54.0 Å². The molecule has 2 aromatic carbocycles. The lowest BCUT2D eigenvalue weighted by molar-refractivity contribution is -0.140. The maximum atomic E-state index is 13.3. The molecule has 3 aromatic rings. The summed E-state index contributed by atoms with van der Waals surface area (Å²) in [7, 11) is 0. The Hall–Kier alpha value is -3.09. The molecule has 0 saturated heterocycles. The smallest absolute Gasteiger partial charge is 0.382 e. The highest BCUT2D eigenvalue weighted by molar-refractivity contribution is 5.95. The van der Waals surface area contributed by atoms with Crippen molar-refractivity contribution in [1.82, 2.24) is 10.3 Å². The Morgan fingerprint density at radius 2 is 1.56 bits per heavy atom. The fraction of sp³-hybridized carbons (Fsp3) is 0.360. The number of alkyl halides is 3. The molecular formula is C25H26F3N3O. The number of carbonyl (C=O) groups is 1. The number of anilines is 1. The molecule has 0 aliphatic heterocycles. The SMILES string of the molecule is Cc1cc(C)cc(C(=O)NC2CCC(Nc3cc(C(F)(F)F)nc4ccccc34)CC2)c1. The Kier molecular flexibility index (Phi) is 6.09. The zero-order chi connectivity index (χ0) is 22.9. The Balaban J connectivity index is 1.42. The van der Waals surface area contributed by atoms with Gasteiger partial charge in [0.25, 0.3) is 5.91 Å². The zero-order valence-electron chi connectivity index (χ0n) is 18.1. The molecule has 2 N–H and O–H groups in total. The molecule has 4 rings (SSSR count). The van der Waals surface area contributed by atoms with Crippen LogP contribution in [0.2, 0.25) is 0 Å². The van der Waals surface area contributed by atoms with Crippen LogP contribution in [0.4, 0.5) is 18.9 Å². The number of para-hydroxylation sites is 1. The van der Waals surface area contributed by atoms with Crippen molar-refractivity contribution in [3.8, 4) is 0 Å². The minimum Gasteiger partial charge on any atom is -0.382 e. The van der Waals surface area contributed by atoms with E-state index in [0.717, 1.165) is 42.9 Å². The second-order valence-electron chi connectivity index (χ2n) is 8.61. The molecule has 1 amide bonds. The lowest BCUT2D eigenvalue weighted by Gasteiger charge is -2.31. The van der Waals surface area contributed by atoms with E-state index in [0.29, 0.717) is 22.2 Å². The number of hydrogen-bond acceptors (Lipinski definition) is 3. The maximum absolute atomic E-state index is 13.3. The largest absolute Gasteiger partial charge is 0.433 e. The van der Waals surface area contributed by atoms with Crippen LogP contribution < -0.4 is 10.6 Å². The summed E-state index contributed by atoms with van der Waals surface area (Å²) in [6.07, 6.45) is -1.45. The fourth-order valence-electron chi connectivity index (χ4n) is 4.42. The molecule has 1 aliphatic carbocycles. The lowest BCUT2D eigenvalue weighted by atomic mass is 9.90. The number of carbonyl (C=O) groups excluding carboxylic acids is 1. The third-order valence-corrected chi connectivity index (χ3v) is 5.91. The predicted molar refractivity (Wildman–Crippen MR) is 120 cm³/mol. The number of pyridine rings is 1. The van der Waals surface area contributed by atoms with E-state index in [9.17, 15) is 18.0 Å². The van der Waals surface area contributed by atoms with Crippen molar-refractivity contribution in [2.75, 3.05) is 5.32 Å². The molecule has 1 heterocycles. The zero-order valence-corrected chi connectivity index (χ0v) is 18.1. The molecule has 0 bridgehead atoms. The fourth-order valence-corrected chi connectivity index (χ4v) is 4.42. The number of aromatic nitrogens is 1. The Morgan fingerprint density at radius 3 is 2.22 bits per heavy atom. The summed E-state index contributed by atoms with van der Waals surface area (Å²) in [5, 5.41) is 7.08. The number of hydrogen-bond donors (Lipinski definition) is 2. The van der Waals surface area contributed by atoms with Crippen LogP contribution in [0.25, 0.3) is 10.9 Å². The van der Waals surface area contributed by atoms with Crippen molar-refractivity contribution in [1.29, 1.82) is 0 Å². The van der Waals surface area contributed by atoms with Gasteiger partial charge in [0.1, 0.15) is 5.69 Å². The monoisotopic (exact) mass is 441 g/mol. The van der Waals surface area contributed by atoms with Gasteiger partial charge in [-0.25, -0.2) is 4.98 Å². The number of benzene rings is 2. The highest BCUT2D eigenvalue weighted by atomic mass is 19.4. The molecule has 4 nitrogen and oxygen atoms in total. The van der Waals surface area contributed by atoms with Crippen LogP contribution in [0.1, 0.15) is 52.9 Å². The van der Waals surface area contributed by atoms with E-state index in [-0.39, 0.29) is 18.0 Å². The van der Waals surface area contributed by atoms with Gasteiger partial charge >= 0.3 is 6.18 Å². The minimum absolute atomic E-state index is 0.0382. The van der Waals surface area contributed by atoms with Crippen LogP contribution in [0.3, 0.4) is 0 Å². The summed E-state index contributed by atoms with van der Waals surface area (Å²) >= 11 is 0. The first-order valence-corrected chi connectivity index (χ1v) is 10.8. The van der Waals surface area contributed by atoms with Gasteiger partial charge in [0.2, 0.25) is 0 Å². The molecule has 7 heteroatoms. The van der Waals surface area contributed by atoms with Crippen LogP contribution in [0.15, 0.2) is 48.5 Å². The predicted octanol–water partition coefficient (Wildman–Crippen LogP) is 6.02.